The minimum Gasteiger partial charge on any atom is -0.478 e. The van der Waals surface area contributed by atoms with Gasteiger partial charge in [-0.3, -0.25) is 0 Å². The molecule has 0 saturated carbocycles. The van der Waals surface area contributed by atoms with Crippen molar-refractivity contribution in [3.05, 3.63) is 29.7 Å². The summed E-state index contributed by atoms with van der Waals surface area (Å²) in [4.78, 5) is 15.3. The highest BCUT2D eigenvalue weighted by Crippen LogP contribution is 2.20. The first-order chi connectivity index (χ1) is 7.39. The van der Waals surface area contributed by atoms with Crippen molar-refractivity contribution in [2.45, 2.75) is 26.2 Å². The van der Waals surface area contributed by atoms with Gasteiger partial charge in [0.25, 0.3) is 0 Å². The molecular weight excluding hydrogens is 206 g/mol. The molecule has 5 heteroatoms. The third-order valence-electron chi connectivity index (χ3n) is 2.26. The first kappa shape index (κ1) is 10.6. The molecule has 2 heterocycles. The molecule has 0 radical (unpaired) electrons. The number of pyridine rings is 1. The molecule has 0 aromatic carbocycles. The van der Waals surface area contributed by atoms with Gasteiger partial charge in [-0.2, -0.15) is 5.10 Å². The number of carboxylic acids is 1. The molecule has 0 spiro atoms. The Bertz CT molecular complexity index is 552. The van der Waals surface area contributed by atoms with Crippen LogP contribution in [0.2, 0.25) is 0 Å². The van der Waals surface area contributed by atoms with Gasteiger partial charge in [0, 0.05) is 11.6 Å². The number of rotatable bonds is 1. The normalized spacial score (nSPS) is 11.9. The molecule has 0 bridgehead atoms. The van der Waals surface area contributed by atoms with Crippen LogP contribution < -0.4 is 0 Å². The highest BCUT2D eigenvalue weighted by molar-refractivity contribution is 5.94. The van der Waals surface area contributed by atoms with E-state index in [4.69, 9.17) is 5.11 Å². The van der Waals surface area contributed by atoms with Gasteiger partial charge >= 0.3 is 5.97 Å². The number of aromatic carboxylic acids is 1. The zero-order valence-corrected chi connectivity index (χ0v) is 9.43. The van der Waals surface area contributed by atoms with Crippen molar-refractivity contribution in [3.8, 4) is 0 Å². The Kier molecular flexibility index (Phi) is 2.18. The van der Waals surface area contributed by atoms with Crippen molar-refractivity contribution in [3.63, 3.8) is 0 Å². The van der Waals surface area contributed by atoms with E-state index in [2.05, 4.69) is 10.1 Å². The van der Waals surface area contributed by atoms with Crippen LogP contribution >= 0.6 is 0 Å². The summed E-state index contributed by atoms with van der Waals surface area (Å²) >= 11 is 0. The fraction of sp³-hybridized carbons (Fsp3) is 0.364. The molecular formula is C11H13N3O2. The second kappa shape index (κ2) is 3.30. The number of fused-ring (bicyclic) bond motifs is 1. The second-order valence-electron chi connectivity index (χ2n) is 4.68. The van der Waals surface area contributed by atoms with Crippen LogP contribution in [0.15, 0.2) is 18.3 Å². The Hall–Kier alpha value is -1.91. The molecule has 0 unspecified atom stereocenters. The molecule has 5 nitrogen and oxygen atoms in total. The third kappa shape index (κ3) is 1.64. The summed E-state index contributed by atoms with van der Waals surface area (Å²) in [5, 5.41) is 13.3. The Labute approximate surface area is 92.7 Å². The fourth-order valence-electron chi connectivity index (χ4n) is 1.39. The molecule has 1 N–H and O–H groups in total. The Balaban J connectivity index is 2.71. The van der Waals surface area contributed by atoms with Gasteiger partial charge in [-0.25, -0.2) is 14.3 Å². The quantitative estimate of drug-likeness (QED) is 0.793. The van der Waals surface area contributed by atoms with Gasteiger partial charge in [-0.05, 0) is 12.1 Å². The smallest absolute Gasteiger partial charge is 0.339 e. The summed E-state index contributed by atoms with van der Waals surface area (Å²) < 4.78 is 1.50. The van der Waals surface area contributed by atoms with E-state index >= 15 is 0 Å². The minimum absolute atomic E-state index is 0.172. The zero-order valence-electron chi connectivity index (χ0n) is 9.43. The monoisotopic (exact) mass is 219 g/mol. The number of aromatic nitrogens is 3. The van der Waals surface area contributed by atoms with Gasteiger partial charge < -0.3 is 5.11 Å². The van der Waals surface area contributed by atoms with E-state index in [0.717, 1.165) is 0 Å². The molecule has 0 fully saturated rings. The second-order valence-corrected chi connectivity index (χ2v) is 4.68. The molecule has 0 saturated heterocycles. The minimum atomic E-state index is -0.988. The van der Waals surface area contributed by atoms with Crippen LogP contribution in [-0.2, 0) is 5.41 Å². The van der Waals surface area contributed by atoms with Crippen molar-refractivity contribution in [2.75, 3.05) is 0 Å². The molecule has 0 aliphatic heterocycles. The van der Waals surface area contributed by atoms with E-state index in [0.29, 0.717) is 11.5 Å². The Morgan fingerprint density at radius 3 is 2.69 bits per heavy atom. The molecule has 84 valence electrons. The standard InChI is InChI=1S/C11H13N3O2/c1-11(2,3)10-12-8-7(9(15)16)5-4-6-14(8)13-10/h4-6H,1-3H3,(H,15,16). The van der Waals surface area contributed by atoms with Crippen molar-refractivity contribution in [1.82, 2.24) is 14.6 Å². The number of hydrogen-bond donors (Lipinski definition) is 1. The van der Waals surface area contributed by atoms with Crippen LogP contribution in [0.3, 0.4) is 0 Å². The van der Waals surface area contributed by atoms with E-state index < -0.39 is 5.97 Å². The number of hydrogen-bond acceptors (Lipinski definition) is 3. The maximum atomic E-state index is 11.0. The number of carbonyl (C=O) groups is 1. The average molecular weight is 219 g/mol. The van der Waals surface area contributed by atoms with Gasteiger partial charge in [0.1, 0.15) is 5.56 Å². The molecule has 2 aromatic heterocycles. The lowest BCUT2D eigenvalue weighted by Crippen LogP contribution is -2.13. The summed E-state index contributed by atoms with van der Waals surface area (Å²) in [5.74, 6) is -0.348. The van der Waals surface area contributed by atoms with Crippen LogP contribution in [0.1, 0.15) is 37.0 Å². The largest absolute Gasteiger partial charge is 0.478 e. The van der Waals surface area contributed by atoms with Gasteiger partial charge in [0.05, 0.1) is 0 Å². The number of nitrogens with zero attached hydrogens (tertiary/aromatic N) is 3. The number of carboxylic acid groups (broad SMARTS) is 1. The molecule has 2 aromatic rings. The zero-order chi connectivity index (χ0) is 11.9. The maximum Gasteiger partial charge on any atom is 0.339 e. The first-order valence-electron chi connectivity index (χ1n) is 4.99. The van der Waals surface area contributed by atoms with Gasteiger partial charge in [0.2, 0.25) is 0 Å². The van der Waals surface area contributed by atoms with Crippen molar-refractivity contribution in [1.29, 1.82) is 0 Å². The third-order valence-corrected chi connectivity index (χ3v) is 2.26. The lowest BCUT2D eigenvalue weighted by molar-refractivity contribution is 0.0698. The van der Waals surface area contributed by atoms with E-state index in [-0.39, 0.29) is 11.0 Å². The van der Waals surface area contributed by atoms with Crippen molar-refractivity contribution in [2.24, 2.45) is 0 Å². The van der Waals surface area contributed by atoms with Crippen LogP contribution in [0.25, 0.3) is 5.65 Å². The average Bonchev–Trinajstić information content (AvgIpc) is 2.59. The lowest BCUT2D eigenvalue weighted by atomic mass is 9.96. The van der Waals surface area contributed by atoms with Crippen LogP contribution in [-0.4, -0.2) is 25.7 Å². The van der Waals surface area contributed by atoms with Gasteiger partial charge in [-0.1, -0.05) is 20.8 Å². The maximum absolute atomic E-state index is 11.0. The van der Waals surface area contributed by atoms with Crippen LogP contribution in [0, 0.1) is 0 Å². The Morgan fingerprint density at radius 1 is 1.44 bits per heavy atom. The molecule has 0 amide bonds. The Morgan fingerprint density at radius 2 is 2.12 bits per heavy atom. The van der Waals surface area contributed by atoms with Crippen LogP contribution in [0.5, 0.6) is 0 Å². The molecule has 0 atom stereocenters. The predicted molar refractivity (Wildman–Crippen MR) is 58.6 cm³/mol. The molecule has 16 heavy (non-hydrogen) atoms. The fourth-order valence-corrected chi connectivity index (χ4v) is 1.39. The van der Waals surface area contributed by atoms with Crippen molar-refractivity contribution < 1.29 is 9.90 Å². The van der Waals surface area contributed by atoms with Crippen molar-refractivity contribution >= 4 is 11.6 Å². The summed E-state index contributed by atoms with van der Waals surface area (Å²) in [6.45, 7) is 5.96. The first-order valence-corrected chi connectivity index (χ1v) is 4.99. The summed E-state index contributed by atoms with van der Waals surface area (Å²) in [7, 11) is 0. The van der Waals surface area contributed by atoms with E-state index in [1.54, 1.807) is 12.3 Å². The molecule has 0 aliphatic carbocycles. The van der Waals surface area contributed by atoms with E-state index in [1.165, 1.54) is 10.6 Å². The van der Waals surface area contributed by atoms with Gasteiger partial charge in [0.15, 0.2) is 11.5 Å². The molecule has 2 rings (SSSR count). The summed E-state index contributed by atoms with van der Waals surface area (Å²) in [5.41, 5.74) is 0.368. The van der Waals surface area contributed by atoms with E-state index in [1.807, 2.05) is 20.8 Å². The highest BCUT2D eigenvalue weighted by atomic mass is 16.4. The van der Waals surface area contributed by atoms with E-state index in [9.17, 15) is 4.79 Å². The molecule has 0 aliphatic rings. The summed E-state index contributed by atoms with van der Waals surface area (Å²) in [6.07, 6.45) is 1.70. The van der Waals surface area contributed by atoms with Gasteiger partial charge in [-0.15, -0.1) is 0 Å². The topological polar surface area (TPSA) is 67.5 Å². The van der Waals surface area contributed by atoms with Crippen LogP contribution in [0.4, 0.5) is 0 Å². The highest BCUT2D eigenvalue weighted by Gasteiger charge is 2.21. The lowest BCUT2D eigenvalue weighted by Gasteiger charge is -2.11. The summed E-state index contributed by atoms with van der Waals surface area (Å²) in [6, 6.07) is 3.18. The predicted octanol–water partition coefficient (Wildman–Crippen LogP) is 1.72. The SMILES string of the molecule is CC(C)(C)c1nc2c(C(=O)O)cccn2n1.